The highest BCUT2D eigenvalue weighted by Gasteiger charge is 2.48. The summed E-state index contributed by atoms with van der Waals surface area (Å²) in [6, 6.07) is 20.2. The summed E-state index contributed by atoms with van der Waals surface area (Å²) in [7, 11) is 0. The lowest BCUT2D eigenvalue weighted by Crippen LogP contribution is -2.50. The zero-order valence-electron chi connectivity index (χ0n) is 23.6. The second-order valence-electron chi connectivity index (χ2n) is 11.0. The van der Waals surface area contributed by atoms with Gasteiger partial charge in [-0.15, -0.1) is 0 Å². The summed E-state index contributed by atoms with van der Waals surface area (Å²) in [6.45, 7) is 5.97. The largest absolute Gasteiger partial charge is 0.444 e. The maximum atomic E-state index is 12.3. The van der Waals surface area contributed by atoms with Gasteiger partial charge in [-0.25, -0.2) is 9.78 Å². The molecule has 0 unspecified atom stereocenters. The molecule has 0 radical (unpaired) electrons. The predicted octanol–water partition coefficient (Wildman–Crippen LogP) is 6.62. The number of hydrogen-bond acceptors (Lipinski definition) is 6. The van der Waals surface area contributed by atoms with E-state index in [0.717, 1.165) is 31.4 Å². The maximum absolute atomic E-state index is 12.3. The van der Waals surface area contributed by atoms with Crippen molar-refractivity contribution in [2.45, 2.75) is 64.0 Å². The van der Waals surface area contributed by atoms with Crippen LogP contribution in [0.3, 0.4) is 0 Å². The second kappa shape index (κ2) is 13.0. The predicted molar refractivity (Wildman–Crippen MR) is 161 cm³/mol. The van der Waals surface area contributed by atoms with E-state index < -0.39 is 11.7 Å². The van der Waals surface area contributed by atoms with Crippen molar-refractivity contribution in [3.8, 4) is 0 Å². The van der Waals surface area contributed by atoms with Crippen LogP contribution in [0.2, 0.25) is 5.15 Å². The quantitative estimate of drug-likeness (QED) is 0.300. The molecular formula is C31H36ClN5O4. The molecule has 1 saturated heterocycles. The van der Waals surface area contributed by atoms with Crippen molar-refractivity contribution in [3.05, 3.63) is 83.6 Å². The topological polar surface area (TPSA) is 113 Å². The van der Waals surface area contributed by atoms with Crippen LogP contribution >= 0.6 is 11.6 Å². The lowest BCUT2D eigenvalue weighted by Gasteiger charge is -2.39. The van der Waals surface area contributed by atoms with Crippen LogP contribution in [-0.4, -0.2) is 40.7 Å². The van der Waals surface area contributed by atoms with Crippen LogP contribution in [0.1, 0.15) is 63.2 Å². The van der Waals surface area contributed by atoms with Gasteiger partial charge < -0.3 is 20.3 Å². The number of amides is 3. The number of hydrogen-bond donors (Lipinski definition) is 3. The summed E-state index contributed by atoms with van der Waals surface area (Å²) in [5, 5.41) is 8.66. The normalized spacial score (nSPS) is 15.8. The summed E-state index contributed by atoms with van der Waals surface area (Å²) < 4.78 is 5.21. The number of carbonyl (C=O) groups excluding carboxylic acids is 3. The number of para-hydroxylation sites is 3. The average Bonchev–Trinajstić information content (AvgIpc) is 3.25. The molecule has 2 fully saturated rings. The number of pyridine rings is 1. The van der Waals surface area contributed by atoms with E-state index in [2.05, 4.69) is 38.0 Å². The number of nitrogens with one attached hydrogen (secondary N) is 3. The molecule has 3 amide bonds. The van der Waals surface area contributed by atoms with Gasteiger partial charge in [0.1, 0.15) is 16.3 Å². The minimum Gasteiger partial charge on any atom is -0.444 e. The van der Waals surface area contributed by atoms with Crippen LogP contribution in [-0.2, 0) is 9.53 Å². The number of nitrogens with zero attached hydrogens (tertiary/aromatic N) is 2. The molecule has 41 heavy (non-hydrogen) atoms. The van der Waals surface area contributed by atoms with E-state index in [1.807, 2.05) is 18.2 Å². The van der Waals surface area contributed by atoms with Gasteiger partial charge in [-0.3, -0.25) is 14.9 Å². The molecule has 5 rings (SSSR count). The molecule has 9 nitrogen and oxygen atoms in total. The van der Waals surface area contributed by atoms with Crippen LogP contribution < -0.4 is 20.9 Å². The first-order chi connectivity index (χ1) is 19.6. The molecule has 216 valence electrons. The fourth-order valence-electron chi connectivity index (χ4n) is 4.99. The van der Waals surface area contributed by atoms with Crippen molar-refractivity contribution in [2.24, 2.45) is 0 Å². The third kappa shape index (κ3) is 7.76. The van der Waals surface area contributed by atoms with Crippen molar-refractivity contribution >= 4 is 46.6 Å². The van der Waals surface area contributed by atoms with Gasteiger partial charge in [0, 0.05) is 11.9 Å². The molecule has 2 aromatic carbocycles. The maximum Gasteiger partial charge on any atom is 0.412 e. The highest BCUT2D eigenvalue weighted by atomic mass is 35.5. The molecule has 0 bridgehead atoms. The number of anilines is 3. The number of aromatic nitrogens is 1. The van der Waals surface area contributed by atoms with Crippen molar-refractivity contribution in [1.82, 2.24) is 10.3 Å². The summed E-state index contributed by atoms with van der Waals surface area (Å²) >= 11 is 5.71. The summed E-state index contributed by atoms with van der Waals surface area (Å²) in [4.78, 5) is 42.5. The van der Waals surface area contributed by atoms with Gasteiger partial charge in [-0.05, 0) is 70.0 Å². The van der Waals surface area contributed by atoms with Crippen LogP contribution in [0, 0.1) is 0 Å². The zero-order valence-corrected chi connectivity index (χ0v) is 24.3. The monoisotopic (exact) mass is 577 g/mol. The van der Waals surface area contributed by atoms with E-state index in [-0.39, 0.29) is 17.4 Å². The smallest absolute Gasteiger partial charge is 0.412 e. The van der Waals surface area contributed by atoms with E-state index in [9.17, 15) is 14.4 Å². The van der Waals surface area contributed by atoms with Gasteiger partial charge in [-0.1, -0.05) is 61.2 Å². The Morgan fingerprint density at radius 3 is 2.17 bits per heavy atom. The summed E-state index contributed by atoms with van der Waals surface area (Å²) in [5.74, 6) is -0.140. The van der Waals surface area contributed by atoms with E-state index in [0.29, 0.717) is 28.8 Å². The zero-order chi connectivity index (χ0) is 29.5. The Bertz CT molecular complexity index is 1350. The lowest BCUT2D eigenvalue weighted by atomic mass is 9.80. The van der Waals surface area contributed by atoms with Crippen molar-refractivity contribution < 1.29 is 19.1 Å². The number of benzene rings is 2. The Labute approximate surface area is 245 Å². The molecule has 0 atom stereocenters. The molecule has 1 aromatic heterocycles. The number of carbonyl (C=O) groups is 3. The lowest BCUT2D eigenvalue weighted by molar-refractivity contribution is -0.124. The van der Waals surface area contributed by atoms with E-state index >= 15 is 0 Å². The third-order valence-electron chi connectivity index (χ3n) is 6.89. The molecule has 10 heteroatoms. The standard InChI is InChI=1S/C17H18ClN3O3.C14H18N2O/c1-17(2,3)24-16(23)21-13-7-5-4-6-12(13)20-15(22)11-8-9-14(18)19-10-11;17-13-14(9-5-2-6-10-14)16(11-15-13)12-7-3-1-4-8-12/h4-10H,1-3H3,(H,20,22)(H,21,23);1,3-4,7-8H,2,5-6,9-11H2,(H,15,17). The molecule has 3 N–H and O–H groups in total. The first-order valence-corrected chi connectivity index (χ1v) is 14.1. The Hall–Kier alpha value is -4.11. The van der Waals surface area contributed by atoms with E-state index in [4.69, 9.17) is 16.3 Å². The number of halogens is 1. The molecule has 1 aliphatic heterocycles. The molecule has 3 aromatic rings. The number of ether oxygens (including phenoxy) is 1. The SMILES string of the molecule is CC(C)(C)OC(=O)Nc1ccccc1NC(=O)c1ccc(Cl)nc1.O=C1NCN(c2ccccc2)C12CCCCC2. The van der Waals surface area contributed by atoms with Crippen molar-refractivity contribution in [2.75, 3.05) is 22.2 Å². The minimum atomic E-state index is -0.614. The molecule has 2 aliphatic rings. The van der Waals surface area contributed by atoms with Crippen LogP contribution in [0.5, 0.6) is 0 Å². The second-order valence-corrected chi connectivity index (χ2v) is 11.4. The van der Waals surface area contributed by atoms with Gasteiger partial charge in [-0.2, -0.15) is 0 Å². The molecule has 1 spiro atoms. The van der Waals surface area contributed by atoms with Gasteiger partial charge in [0.05, 0.1) is 23.6 Å². The first kappa shape index (κ1) is 29.9. The molecular weight excluding hydrogens is 542 g/mol. The summed E-state index contributed by atoms with van der Waals surface area (Å²) in [6.07, 6.45) is 6.35. The Kier molecular flexibility index (Phi) is 9.50. The van der Waals surface area contributed by atoms with E-state index in [1.165, 1.54) is 18.7 Å². The molecule has 1 saturated carbocycles. The third-order valence-corrected chi connectivity index (χ3v) is 7.11. The fourth-order valence-corrected chi connectivity index (χ4v) is 5.10. The van der Waals surface area contributed by atoms with Crippen LogP contribution in [0.4, 0.5) is 21.9 Å². The van der Waals surface area contributed by atoms with Crippen molar-refractivity contribution in [1.29, 1.82) is 0 Å². The Morgan fingerprint density at radius 2 is 1.56 bits per heavy atom. The first-order valence-electron chi connectivity index (χ1n) is 13.7. The average molecular weight is 578 g/mol. The van der Waals surface area contributed by atoms with Gasteiger partial charge in [0.2, 0.25) is 5.91 Å². The van der Waals surface area contributed by atoms with Crippen LogP contribution in [0.25, 0.3) is 0 Å². The van der Waals surface area contributed by atoms with Crippen LogP contribution in [0.15, 0.2) is 72.9 Å². The van der Waals surface area contributed by atoms with Crippen molar-refractivity contribution in [3.63, 3.8) is 0 Å². The van der Waals surface area contributed by atoms with Gasteiger partial charge >= 0.3 is 6.09 Å². The highest BCUT2D eigenvalue weighted by molar-refractivity contribution is 6.29. The minimum absolute atomic E-state index is 0.223. The molecule has 2 heterocycles. The highest BCUT2D eigenvalue weighted by Crippen LogP contribution is 2.39. The fraction of sp³-hybridized carbons (Fsp3) is 0.355. The van der Waals surface area contributed by atoms with Gasteiger partial charge in [0.25, 0.3) is 5.91 Å². The van der Waals surface area contributed by atoms with E-state index in [1.54, 1.807) is 51.1 Å². The van der Waals surface area contributed by atoms with Gasteiger partial charge in [0.15, 0.2) is 0 Å². The summed E-state index contributed by atoms with van der Waals surface area (Å²) in [5.41, 5.74) is 1.51. The molecule has 1 aliphatic carbocycles. The number of rotatable bonds is 4. The Morgan fingerprint density at radius 1 is 0.927 bits per heavy atom. The Balaban J connectivity index is 0.000000199.